The van der Waals surface area contributed by atoms with Crippen LogP contribution in [0, 0.1) is 0 Å². The van der Waals surface area contributed by atoms with Crippen LogP contribution in [-0.2, 0) is 6.18 Å². The van der Waals surface area contributed by atoms with Crippen molar-refractivity contribution in [3.63, 3.8) is 0 Å². The van der Waals surface area contributed by atoms with E-state index in [1.165, 1.54) is 50.6 Å². The van der Waals surface area contributed by atoms with Crippen molar-refractivity contribution in [2.24, 2.45) is 5.10 Å². The highest BCUT2D eigenvalue weighted by Crippen LogP contribution is 2.35. The number of halogens is 5. The Bertz CT molecular complexity index is 1330. The van der Waals surface area contributed by atoms with E-state index in [2.05, 4.69) is 15.8 Å². The van der Waals surface area contributed by atoms with Gasteiger partial charge in [-0.25, -0.2) is 5.43 Å². The van der Waals surface area contributed by atoms with Gasteiger partial charge in [0.05, 0.1) is 42.3 Å². The van der Waals surface area contributed by atoms with Gasteiger partial charge in [-0.1, -0.05) is 29.3 Å². The van der Waals surface area contributed by atoms with Crippen molar-refractivity contribution in [2.45, 2.75) is 6.18 Å². The predicted molar refractivity (Wildman–Crippen MR) is 130 cm³/mol. The molecule has 2 N–H and O–H groups in total. The van der Waals surface area contributed by atoms with Gasteiger partial charge in [0.25, 0.3) is 11.8 Å². The van der Waals surface area contributed by atoms with Gasteiger partial charge in [-0.3, -0.25) is 9.59 Å². The zero-order valence-electron chi connectivity index (χ0n) is 18.7. The molecule has 188 valence electrons. The lowest BCUT2D eigenvalue weighted by atomic mass is 10.1. The third-order valence-corrected chi connectivity index (χ3v) is 5.36. The number of nitrogens with one attached hydrogen (secondary N) is 2. The molecule has 12 heteroatoms. The normalized spacial score (nSPS) is 11.3. The fourth-order valence-corrected chi connectivity index (χ4v) is 3.45. The van der Waals surface area contributed by atoms with Crippen molar-refractivity contribution >= 4 is 46.9 Å². The van der Waals surface area contributed by atoms with Crippen LogP contribution in [0.5, 0.6) is 11.5 Å². The quantitative estimate of drug-likeness (QED) is 0.282. The summed E-state index contributed by atoms with van der Waals surface area (Å²) in [5.74, 6) is -0.538. The smallest absolute Gasteiger partial charge is 0.417 e. The van der Waals surface area contributed by atoms with Crippen molar-refractivity contribution in [3.8, 4) is 11.5 Å². The van der Waals surface area contributed by atoms with Crippen LogP contribution in [0.3, 0.4) is 0 Å². The predicted octanol–water partition coefficient (Wildman–Crippen LogP) is 6.05. The number of alkyl halides is 3. The lowest BCUT2D eigenvalue weighted by Gasteiger charge is -2.12. The van der Waals surface area contributed by atoms with Gasteiger partial charge >= 0.3 is 6.18 Å². The number of carbonyl (C=O) groups excluding carboxylic acids is 2. The summed E-state index contributed by atoms with van der Waals surface area (Å²) < 4.78 is 49.4. The van der Waals surface area contributed by atoms with Crippen molar-refractivity contribution in [1.82, 2.24) is 5.43 Å². The molecular formula is C24H18Cl2F3N3O4. The fourth-order valence-electron chi connectivity index (χ4n) is 3.05. The highest BCUT2D eigenvalue weighted by Gasteiger charge is 2.33. The number of hydrogen-bond donors (Lipinski definition) is 2. The number of methoxy groups -OCH3 is 2. The van der Waals surface area contributed by atoms with Crippen LogP contribution in [0.15, 0.2) is 59.7 Å². The van der Waals surface area contributed by atoms with Crippen LogP contribution in [0.25, 0.3) is 0 Å². The fraction of sp³-hybridized carbons (Fsp3) is 0.125. The maximum absolute atomic E-state index is 13.0. The summed E-state index contributed by atoms with van der Waals surface area (Å²) in [4.78, 5) is 25.5. The maximum Gasteiger partial charge on any atom is 0.417 e. The summed E-state index contributed by atoms with van der Waals surface area (Å²) in [5, 5.41) is 6.06. The highest BCUT2D eigenvalue weighted by molar-refractivity contribution is 6.31. The molecule has 0 atom stereocenters. The molecule has 36 heavy (non-hydrogen) atoms. The number of anilines is 1. The van der Waals surface area contributed by atoms with Crippen LogP contribution < -0.4 is 20.2 Å². The highest BCUT2D eigenvalue weighted by atomic mass is 35.5. The van der Waals surface area contributed by atoms with Gasteiger partial charge in [0, 0.05) is 10.6 Å². The van der Waals surface area contributed by atoms with Crippen LogP contribution in [0.1, 0.15) is 31.8 Å². The first-order valence-electron chi connectivity index (χ1n) is 10.1. The van der Waals surface area contributed by atoms with Gasteiger partial charge in [-0.2, -0.15) is 18.3 Å². The summed E-state index contributed by atoms with van der Waals surface area (Å²) in [6, 6.07) is 11.9. The van der Waals surface area contributed by atoms with Crippen LogP contribution in [0.4, 0.5) is 18.9 Å². The third-order valence-electron chi connectivity index (χ3n) is 4.80. The number of carbonyl (C=O) groups is 2. The van der Waals surface area contributed by atoms with Crippen molar-refractivity contribution < 1.29 is 32.2 Å². The van der Waals surface area contributed by atoms with E-state index in [0.29, 0.717) is 11.5 Å². The van der Waals surface area contributed by atoms with Crippen molar-refractivity contribution in [1.29, 1.82) is 0 Å². The second-order valence-electron chi connectivity index (χ2n) is 7.15. The van der Waals surface area contributed by atoms with Gasteiger partial charge in [-0.05, 0) is 54.1 Å². The SMILES string of the molecule is COc1ccc(C(=O)Nc2ccc(Cl)cc2C(=O)N/N=C/c2ccc(Cl)c(C(F)(F)F)c2)cc1OC. The van der Waals surface area contributed by atoms with E-state index in [1.54, 1.807) is 6.07 Å². The molecule has 7 nitrogen and oxygen atoms in total. The second kappa shape index (κ2) is 11.3. The summed E-state index contributed by atoms with van der Waals surface area (Å²) >= 11 is 11.6. The molecule has 0 aliphatic heterocycles. The van der Waals surface area contributed by atoms with E-state index in [9.17, 15) is 22.8 Å². The van der Waals surface area contributed by atoms with E-state index in [1.807, 2.05) is 0 Å². The maximum atomic E-state index is 13.0. The Kier molecular flexibility index (Phi) is 8.44. The first kappa shape index (κ1) is 26.8. The monoisotopic (exact) mass is 539 g/mol. The van der Waals surface area contributed by atoms with Gasteiger partial charge in [0.2, 0.25) is 0 Å². The molecular weight excluding hydrogens is 522 g/mol. The molecule has 0 fully saturated rings. The number of nitrogens with zero attached hydrogens (tertiary/aromatic N) is 1. The number of benzene rings is 3. The van der Waals surface area contributed by atoms with Gasteiger partial charge < -0.3 is 14.8 Å². The average molecular weight is 540 g/mol. The molecule has 0 aliphatic carbocycles. The molecule has 0 saturated carbocycles. The molecule has 0 heterocycles. The van der Waals surface area contributed by atoms with Gasteiger partial charge in [-0.15, -0.1) is 0 Å². The lowest BCUT2D eigenvalue weighted by molar-refractivity contribution is -0.137. The number of amides is 2. The minimum absolute atomic E-state index is 0.0273. The first-order chi connectivity index (χ1) is 17.0. The minimum atomic E-state index is -4.65. The van der Waals surface area contributed by atoms with E-state index in [-0.39, 0.29) is 27.4 Å². The summed E-state index contributed by atoms with van der Waals surface area (Å²) in [5.41, 5.74) is 1.55. The van der Waals surface area contributed by atoms with E-state index < -0.39 is 28.6 Å². The number of rotatable bonds is 7. The first-order valence-corrected chi connectivity index (χ1v) is 10.8. The van der Waals surface area contributed by atoms with Crippen LogP contribution in [-0.4, -0.2) is 32.2 Å². The average Bonchev–Trinajstić information content (AvgIpc) is 2.84. The summed E-state index contributed by atoms with van der Waals surface area (Å²) in [7, 11) is 2.89. The molecule has 0 unspecified atom stereocenters. The Hall–Kier alpha value is -3.76. The van der Waals surface area contributed by atoms with Gasteiger partial charge in [0.15, 0.2) is 11.5 Å². The molecule has 0 aromatic heterocycles. The van der Waals surface area contributed by atoms with Gasteiger partial charge in [0.1, 0.15) is 0 Å². The zero-order chi connectivity index (χ0) is 26.5. The van der Waals surface area contributed by atoms with E-state index in [4.69, 9.17) is 32.7 Å². The number of hydrogen-bond acceptors (Lipinski definition) is 5. The largest absolute Gasteiger partial charge is 0.493 e. The van der Waals surface area contributed by atoms with Crippen molar-refractivity contribution in [2.75, 3.05) is 19.5 Å². The second-order valence-corrected chi connectivity index (χ2v) is 7.99. The molecule has 2 amide bonds. The number of ether oxygens (including phenoxy) is 2. The van der Waals surface area contributed by atoms with Crippen LogP contribution in [0.2, 0.25) is 10.0 Å². The molecule has 3 rings (SSSR count). The Labute approximate surface area is 213 Å². The Morgan fingerprint density at radius 3 is 2.31 bits per heavy atom. The molecule has 0 spiro atoms. The molecule has 3 aromatic rings. The topological polar surface area (TPSA) is 89.0 Å². The summed E-state index contributed by atoms with van der Waals surface area (Å²) in [6.45, 7) is 0. The molecule has 0 saturated heterocycles. The standard InChI is InChI=1S/C24H18Cl2F3N3O4/c1-35-20-8-4-14(10-21(20)36-2)22(33)31-19-7-5-15(25)11-16(19)23(34)32-30-12-13-3-6-18(26)17(9-13)24(27,28)29/h3-12H,1-2H3,(H,31,33)(H,32,34)/b30-12+. The molecule has 0 aliphatic rings. The minimum Gasteiger partial charge on any atom is -0.493 e. The summed E-state index contributed by atoms with van der Waals surface area (Å²) in [6.07, 6.45) is -3.62. The molecule has 0 bridgehead atoms. The molecule has 3 aromatic carbocycles. The molecule has 0 radical (unpaired) electrons. The van der Waals surface area contributed by atoms with E-state index >= 15 is 0 Å². The zero-order valence-corrected chi connectivity index (χ0v) is 20.3. The number of hydrazone groups is 1. The van der Waals surface area contributed by atoms with Crippen LogP contribution >= 0.6 is 23.2 Å². The van der Waals surface area contributed by atoms with E-state index in [0.717, 1.165) is 18.3 Å². The van der Waals surface area contributed by atoms with Crippen molar-refractivity contribution in [3.05, 3.63) is 86.9 Å². The third kappa shape index (κ3) is 6.46. The Balaban J connectivity index is 1.79. The lowest BCUT2D eigenvalue weighted by Crippen LogP contribution is -2.21. The Morgan fingerprint density at radius 2 is 1.64 bits per heavy atom. The Morgan fingerprint density at radius 1 is 0.917 bits per heavy atom.